The molecule has 0 saturated carbocycles. The number of imidazole rings is 1. The summed E-state index contributed by atoms with van der Waals surface area (Å²) in [6, 6.07) is 3.50. The molecular formula is C13H17N3O. The highest BCUT2D eigenvalue weighted by Gasteiger charge is 2.15. The van der Waals surface area contributed by atoms with E-state index in [-0.39, 0.29) is 5.75 Å². The number of hydrogen-bond acceptors (Lipinski definition) is 3. The van der Waals surface area contributed by atoms with Gasteiger partial charge >= 0.3 is 0 Å². The molecule has 1 aliphatic rings. The van der Waals surface area contributed by atoms with Crippen LogP contribution in [0, 0.1) is 5.92 Å². The molecule has 1 saturated heterocycles. The Morgan fingerprint density at radius 1 is 1.53 bits per heavy atom. The lowest BCUT2D eigenvalue weighted by Crippen LogP contribution is -2.30. The quantitative estimate of drug-likeness (QED) is 0.825. The van der Waals surface area contributed by atoms with Crippen LogP contribution in [0.4, 0.5) is 0 Å². The van der Waals surface area contributed by atoms with E-state index in [0.717, 1.165) is 25.2 Å². The summed E-state index contributed by atoms with van der Waals surface area (Å²) in [5.74, 6) is 0.927. The van der Waals surface area contributed by atoms with Gasteiger partial charge in [0.25, 0.3) is 0 Å². The lowest BCUT2D eigenvalue weighted by atomic mass is 9.95. The molecule has 17 heavy (non-hydrogen) atoms. The van der Waals surface area contributed by atoms with Gasteiger partial charge in [0, 0.05) is 12.4 Å². The smallest absolute Gasteiger partial charge is 0.179 e. The molecule has 3 rings (SSSR count). The van der Waals surface area contributed by atoms with Gasteiger partial charge in [-0.1, -0.05) is 0 Å². The minimum atomic E-state index is 0.250. The predicted molar refractivity (Wildman–Crippen MR) is 66.2 cm³/mol. The van der Waals surface area contributed by atoms with Gasteiger partial charge in [-0.15, -0.1) is 0 Å². The fourth-order valence-electron chi connectivity index (χ4n) is 2.54. The van der Waals surface area contributed by atoms with Crippen molar-refractivity contribution in [3.05, 3.63) is 30.2 Å². The Labute approximate surface area is 100 Å². The number of hydrogen-bond donors (Lipinski definition) is 2. The molecule has 0 aliphatic carbocycles. The fourth-order valence-corrected chi connectivity index (χ4v) is 2.54. The molecule has 4 heteroatoms. The second kappa shape index (κ2) is 4.37. The number of piperidine rings is 1. The Morgan fingerprint density at radius 3 is 3.24 bits per heavy atom. The van der Waals surface area contributed by atoms with E-state index >= 15 is 0 Å². The van der Waals surface area contributed by atoms with Gasteiger partial charge in [0.1, 0.15) is 0 Å². The lowest BCUT2D eigenvalue weighted by Gasteiger charge is -2.21. The van der Waals surface area contributed by atoms with Crippen molar-refractivity contribution in [2.45, 2.75) is 19.3 Å². The van der Waals surface area contributed by atoms with Gasteiger partial charge in [0.2, 0.25) is 0 Å². The maximum atomic E-state index is 9.69. The van der Waals surface area contributed by atoms with Crippen molar-refractivity contribution < 1.29 is 5.11 Å². The molecule has 1 aliphatic heterocycles. The van der Waals surface area contributed by atoms with Gasteiger partial charge in [-0.2, -0.15) is 0 Å². The summed E-state index contributed by atoms with van der Waals surface area (Å²) in [6.45, 7) is 2.22. The molecule has 2 N–H and O–H groups in total. The number of rotatable bonds is 2. The molecule has 2 aromatic heterocycles. The number of pyridine rings is 1. The van der Waals surface area contributed by atoms with E-state index in [0.29, 0.717) is 11.6 Å². The Bertz CT molecular complexity index is 514. The zero-order chi connectivity index (χ0) is 11.7. The zero-order valence-electron chi connectivity index (χ0n) is 9.76. The van der Waals surface area contributed by atoms with Gasteiger partial charge < -0.3 is 14.8 Å². The normalized spacial score (nSPS) is 20.8. The fraction of sp³-hybridized carbons (Fsp3) is 0.462. The summed E-state index contributed by atoms with van der Waals surface area (Å²) in [5, 5.41) is 13.1. The Balaban J connectivity index is 1.83. The van der Waals surface area contributed by atoms with Crippen molar-refractivity contribution in [3.63, 3.8) is 0 Å². The van der Waals surface area contributed by atoms with Crippen LogP contribution in [0.25, 0.3) is 5.65 Å². The first kappa shape index (κ1) is 10.6. The summed E-state index contributed by atoms with van der Waals surface area (Å²) in [4.78, 5) is 4.49. The van der Waals surface area contributed by atoms with Crippen LogP contribution < -0.4 is 5.32 Å². The van der Waals surface area contributed by atoms with E-state index in [1.54, 1.807) is 6.07 Å². The van der Waals surface area contributed by atoms with Crippen molar-refractivity contribution >= 4 is 5.65 Å². The van der Waals surface area contributed by atoms with Crippen LogP contribution in [0.15, 0.2) is 24.5 Å². The van der Waals surface area contributed by atoms with Crippen LogP contribution in [0.3, 0.4) is 0 Å². The van der Waals surface area contributed by atoms with Crippen LogP contribution in [0.5, 0.6) is 5.75 Å². The Morgan fingerprint density at radius 2 is 2.47 bits per heavy atom. The summed E-state index contributed by atoms with van der Waals surface area (Å²) >= 11 is 0. The highest BCUT2D eigenvalue weighted by Crippen LogP contribution is 2.20. The average Bonchev–Trinajstić information content (AvgIpc) is 2.74. The molecule has 0 radical (unpaired) electrons. The Kier molecular flexibility index (Phi) is 2.73. The molecule has 0 aromatic carbocycles. The number of aromatic hydroxyl groups is 1. The minimum absolute atomic E-state index is 0.250. The molecule has 90 valence electrons. The average molecular weight is 231 g/mol. The van der Waals surface area contributed by atoms with E-state index < -0.39 is 0 Å². The number of aromatic nitrogens is 2. The third kappa shape index (κ3) is 2.13. The first-order valence-electron chi connectivity index (χ1n) is 6.19. The summed E-state index contributed by atoms with van der Waals surface area (Å²) in [6.07, 6.45) is 7.46. The second-order valence-corrected chi connectivity index (χ2v) is 4.77. The first-order valence-corrected chi connectivity index (χ1v) is 6.19. The molecule has 1 unspecified atom stereocenters. The van der Waals surface area contributed by atoms with Crippen LogP contribution >= 0.6 is 0 Å². The van der Waals surface area contributed by atoms with Crippen LogP contribution in [-0.2, 0) is 6.42 Å². The summed E-state index contributed by atoms with van der Waals surface area (Å²) in [5.41, 5.74) is 1.73. The minimum Gasteiger partial charge on any atom is -0.504 e. The van der Waals surface area contributed by atoms with Crippen molar-refractivity contribution in [1.82, 2.24) is 14.7 Å². The molecule has 4 nitrogen and oxygen atoms in total. The van der Waals surface area contributed by atoms with E-state index in [2.05, 4.69) is 10.3 Å². The van der Waals surface area contributed by atoms with E-state index in [1.165, 1.54) is 12.8 Å². The third-order valence-electron chi connectivity index (χ3n) is 3.41. The van der Waals surface area contributed by atoms with Crippen molar-refractivity contribution in [2.75, 3.05) is 13.1 Å². The number of fused-ring (bicyclic) bond motifs is 1. The van der Waals surface area contributed by atoms with Crippen molar-refractivity contribution in [2.24, 2.45) is 5.92 Å². The highest BCUT2D eigenvalue weighted by molar-refractivity contribution is 5.53. The van der Waals surface area contributed by atoms with Crippen molar-refractivity contribution in [3.8, 4) is 5.75 Å². The standard InChI is InChI=1S/C13H17N3O/c17-12-4-2-6-16-9-11(15-13(12)16)7-10-3-1-5-14-8-10/h2,4,6,9-10,14,17H,1,3,5,7-8H2. The van der Waals surface area contributed by atoms with Gasteiger partial charge in [-0.3, -0.25) is 0 Å². The number of nitrogens with zero attached hydrogens (tertiary/aromatic N) is 2. The van der Waals surface area contributed by atoms with Crippen LogP contribution in [0.2, 0.25) is 0 Å². The zero-order valence-corrected chi connectivity index (χ0v) is 9.76. The van der Waals surface area contributed by atoms with E-state index in [4.69, 9.17) is 0 Å². The van der Waals surface area contributed by atoms with Crippen molar-refractivity contribution in [1.29, 1.82) is 0 Å². The molecule has 3 heterocycles. The molecular weight excluding hydrogens is 214 g/mol. The lowest BCUT2D eigenvalue weighted by molar-refractivity contribution is 0.374. The molecule has 0 spiro atoms. The maximum absolute atomic E-state index is 9.69. The van der Waals surface area contributed by atoms with Gasteiger partial charge in [0.15, 0.2) is 11.4 Å². The number of nitrogens with one attached hydrogen (secondary N) is 1. The summed E-state index contributed by atoms with van der Waals surface area (Å²) < 4.78 is 1.89. The Hall–Kier alpha value is -1.55. The largest absolute Gasteiger partial charge is 0.504 e. The maximum Gasteiger partial charge on any atom is 0.179 e. The topological polar surface area (TPSA) is 49.6 Å². The molecule has 2 aromatic rings. The molecule has 1 atom stereocenters. The third-order valence-corrected chi connectivity index (χ3v) is 3.41. The molecule has 0 bridgehead atoms. The van der Waals surface area contributed by atoms with Gasteiger partial charge in [0.05, 0.1) is 5.69 Å². The van der Waals surface area contributed by atoms with E-state index in [1.807, 2.05) is 22.9 Å². The molecule has 1 fully saturated rings. The predicted octanol–water partition coefficient (Wildman–Crippen LogP) is 1.58. The van der Waals surface area contributed by atoms with Crippen LogP contribution in [0.1, 0.15) is 18.5 Å². The van der Waals surface area contributed by atoms with Gasteiger partial charge in [-0.25, -0.2) is 4.98 Å². The second-order valence-electron chi connectivity index (χ2n) is 4.77. The van der Waals surface area contributed by atoms with E-state index in [9.17, 15) is 5.11 Å². The highest BCUT2D eigenvalue weighted by atomic mass is 16.3. The monoisotopic (exact) mass is 231 g/mol. The molecule has 0 amide bonds. The van der Waals surface area contributed by atoms with Crippen LogP contribution in [-0.4, -0.2) is 27.6 Å². The summed E-state index contributed by atoms with van der Waals surface area (Å²) in [7, 11) is 0. The SMILES string of the molecule is Oc1cccn2cc(CC3CCCNC3)nc12. The first-order chi connectivity index (χ1) is 8.33. The van der Waals surface area contributed by atoms with Gasteiger partial charge in [-0.05, 0) is 50.4 Å².